The van der Waals surface area contributed by atoms with Gasteiger partial charge in [-0.2, -0.15) is 13.7 Å². The van der Waals surface area contributed by atoms with Gasteiger partial charge in [0.2, 0.25) is 0 Å². The summed E-state index contributed by atoms with van der Waals surface area (Å²) in [6.45, 7) is 3.78. The molecule has 0 spiro atoms. The van der Waals surface area contributed by atoms with E-state index in [0.29, 0.717) is 16.2 Å². The molecular weight excluding hydrogens is 380 g/mol. The second-order valence-corrected chi connectivity index (χ2v) is 8.30. The van der Waals surface area contributed by atoms with Crippen LogP contribution in [0, 0.1) is 25.2 Å². The van der Waals surface area contributed by atoms with Crippen molar-refractivity contribution in [2.75, 3.05) is 0 Å². The highest BCUT2D eigenvalue weighted by Gasteiger charge is 2.21. The van der Waals surface area contributed by atoms with Gasteiger partial charge in [0.15, 0.2) is 0 Å². The van der Waals surface area contributed by atoms with Crippen LogP contribution in [0.2, 0.25) is 0 Å². The van der Waals surface area contributed by atoms with Crippen molar-refractivity contribution in [2.24, 2.45) is 5.16 Å². The van der Waals surface area contributed by atoms with Crippen LogP contribution < -0.4 is 0 Å². The molecule has 1 aliphatic rings. The number of thioether (sulfide) groups is 1. The van der Waals surface area contributed by atoms with Crippen molar-refractivity contribution in [3.63, 3.8) is 0 Å². The lowest BCUT2D eigenvalue weighted by Crippen LogP contribution is -2.05. The second kappa shape index (κ2) is 7.82. The summed E-state index contributed by atoms with van der Waals surface area (Å²) in [6, 6.07) is 16.0. The van der Waals surface area contributed by atoms with Gasteiger partial charge in [-0.25, -0.2) is 0 Å². The van der Waals surface area contributed by atoms with Crippen molar-refractivity contribution < 1.29 is 12.7 Å². The standard InChI is InChI=1S/C20H16N2O3S2/c1-14-7-9-16(10-8-14)27(23,24)25-22-20-18(11-12-26-20)19(13-21)17-6-4-3-5-15(17)2/h3-12H,1-2H3/b19-18-,22-20-. The first kappa shape index (κ1) is 19.0. The Kier molecular flexibility index (Phi) is 5.49. The molecule has 0 saturated carbocycles. The molecular formula is C20H16N2O3S2. The molecule has 0 amide bonds. The Labute approximate surface area is 162 Å². The van der Waals surface area contributed by atoms with Gasteiger partial charge in [-0.1, -0.05) is 58.9 Å². The highest BCUT2D eigenvalue weighted by molar-refractivity contribution is 8.17. The number of allylic oxidation sites excluding steroid dienone is 2. The zero-order valence-corrected chi connectivity index (χ0v) is 16.3. The van der Waals surface area contributed by atoms with E-state index in [9.17, 15) is 13.7 Å². The first-order chi connectivity index (χ1) is 12.9. The second-order valence-electron chi connectivity index (χ2n) is 5.87. The summed E-state index contributed by atoms with van der Waals surface area (Å²) in [7, 11) is -4.03. The molecule has 0 bridgehead atoms. The molecule has 0 unspecified atom stereocenters. The monoisotopic (exact) mass is 396 g/mol. The zero-order valence-electron chi connectivity index (χ0n) is 14.7. The molecule has 1 heterocycles. The number of hydrogen-bond acceptors (Lipinski definition) is 6. The summed E-state index contributed by atoms with van der Waals surface area (Å²) in [5, 5.41) is 15.5. The molecule has 7 heteroatoms. The molecule has 0 aliphatic carbocycles. The molecule has 3 rings (SSSR count). The van der Waals surface area contributed by atoms with Crippen molar-refractivity contribution >= 4 is 32.5 Å². The smallest absolute Gasteiger partial charge is 0.264 e. The molecule has 2 aromatic rings. The van der Waals surface area contributed by atoms with Crippen molar-refractivity contribution in [1.29, 1.82) is 5.26 Å². The third kappa shape index (κ3) is 4.13. The highest BCUT2D eigenvalue weighted by Crippen LogP contribution is 2.32. The number of aryl methyl sites for hydroxylation is 2. The maximum Gasteiger partial charge on any atom is 0.358 e. The number of nitriles is 1. The fourth-order valence-electron chi connectivity index (χ4n) is 2.51. The Morgan fingerprint density at radius 1 is 1.11 bits per heavy atom. The van der Waals surface area contributed by atoms with E-state index in [1.165, 1.54) is 23.9 Å². The van der Waals surface area contributed by atoms with Crippen LogP contribution in [0.5, 0.6) is 0 Å². The van der Waals surface area contributed by atoms with Gasteiger partial charge in [0.05, 0.1) is 5.57 Å². The van der Waals surface area contributed by atoms with Gasteiger partial charge in [-0.05, 0) is 48.6 Å². The fraction of sp³-hybridized carbons (Fsp3) is 0.100. The van der Waals surface area contributed by atoms with Crippen molar-refractivity contribution in [3.05, 3.63) is 82.3 Å². The fourth-order valence-corrected chi connectivity index (χ4v) is 4.00. The van der Waals surface area contributed by atoms with Crippen LogP contribution in [-0.4, -0.2) is 13.5 Å². The molecule has 0 N–H and O–H groups in total. The molecule has 0 aromatic heterocycles. The molecule has 0 radical (unpaired) electrons. The average molecular weight is 396 g/mol. The minimum absolute atomic E-state index is 0.0262. The van der Waals surface area contributed by atoms with Crippen LogP contribution in [0.3, 0.4) is 0 Å². The topological polar surface area (TPSA) is 79.5 Å². The molecule has 27 heavy (non-hydrogen) atoms. The summed E-state index contributed by atoms with van der Waals surface area (Å²) in [4.78, 5) is 0.0262. The summed E-state index contributed by atoms with van der Waals surface area (Å²) >= 11 is 1.20. The van der Waals surface area contributed by atoms with Gasteiger partial charge in [0.1, 0.15) is 16.0 Å². The maximum absolute atomic E-state index is 12.3. The van der Waals surface area contributed by atoms with Crippen LogP contribution in [0.4, 0.5) is 0 Å². The lowest BCUT2D eigenvalue weighted by molar-refractivity contribution is 0.340. The third-order valence-electron chi connectivity index (χ3n) is 3.97. The Hall–Kier alpha value is -2.82. The third-order valence-corrected chi connectivity index (χ3v) is 5.88. The Bertz CT molecular complexity index is 1110. The average Bonchev–Trinajstić information content (AvgIpc) is 3.11. The summed E-state index contributed by atoms with van der Waals surface area (Å²) in [6.07, 6.45) is 1.73. The first-order valence-electron chi connectivity index (χ1n) is 8.04. The molecule has 0 fully saturated rings. The van der Waals surface area contributed by atoms with E-state index in [-0.39, 0.29) is 4.90 Å². The zero-order chi connectivity index (χ0) is 19.4. The number of benzene rings is 2. The number of rotatable bonds is 4. The summed E-state index contributed by atoms with van der Waals surface area (Å²) in [5.74, 6) is 0. The van der Waals surface area contributed by atoms with Crippen molar-refractivity contribution in [1.82, 2.24) is 0 Å². The van der Waals surface area contributed by atoms with Crippen molar-refractivity contribution in [3.8, 4) is 6.07 Å². The van der Waals surface area contributed by atoms with E-state index < -0.39 is 10.1 Å². The van der Waals surface area contributed by atoms with Crippen LogP contribution in [0.1, 0.15) is 16.7 Å². The lowest BCUT2D eigenvalue weighted by Gasteiger charge is -2.07. The number of hydrogen-bond donors (Lipinski definition) is 0. The summed E-state index contributed by atoms with van der Waals surface area (Å²) in [5.41, 5.74) is 3.62. The molecule has 5 nitrogen and oxygen atoms in total. The molecule has 0 saturated heterocycles. The number of nitrogens with zero attached hydrogens (tertiary/aromatic N) is 2. The van der Waals surface area contributed by atoms with E-state index in [1.807, 2.05) is 38.1 Å². The lowest BCUT2D eigenvalue weighted by atomic mass is 9.97. The van der Waals surface area contributed by atoms with Gasteiger partial charge in [0.25, 0.3) is 0 Å². The van der Waals surface area contributed by atoms with Gasteiger partial charge in [0, 0.05) is 5.57 Å². The Morgan fingerprint density at radius 2 is 1.81 bits per heavy atom. The van der Waals surface area contributed by atoms with Crippen LogP contribution in [0.25, 0.3) is 5.57 Å². The van der Waals surface area contributed by atoms with Gasteiger partial charge >= 0.3 is 10.1 Å². The van der Waals surface area contributed by atoms with Gasteiger partial charge < -0.3 is 0 Å². The molecule has 2 aromatic carbocycles. The SMILES string of the molecule is Cc1ccc(S(=O)(=O)O/N=C2\SC=C\C2=C(/C#N)c2ccccc2C)cc1. The quantitative estimate of drug-likeness (QED) is 0.559. The van der Waals surface area contributed by atoms with Gasteiger partial charge in [-0.15, -0.1) is 0 Å². The highest BCUT2D eigenvalue weighted by atomic mass is 32.2. The minimum atomic E-state index is -4.03. The normalized spacial score (nSPS) is 17.0. The van der Waals surface area contributed by atoms with E-state index in [0.717, 1.165) is 16.7 Å². The van der Waals surface area contributed by atoms with E-state index in [1.54, 1.807) is 23.6 Å². The van der Waals surface area contributed by atoms with Crippen LogP contribution >= 0.6 is 11.8 Å². The van der Waals surface area contributed by atoms with Crippen LogP contribution in [0.15, 0.2) is 75.6 Å². The molecule has 0 atom stereocenters. The van der Waals surface area contributed by atoms with Crippen molar-refractivity contribution in [2.45, 2.75) is 18.7 Å². The minimum Gasteiger partial charge on any atom is -0.264 e. The molecule has 136 valence electrons. The first-order valence-corrected chi connectivity index (χ1v) is 10.3. The van der Waals surface area contributed by atoms with E-state index in [4.69, 9.17) is 4.28 Å². The predicted octanol–water partition coefficient (Wildman–Crippen LogP) is 4.56. The Balaban J connectivity index is 1.96. The van der Waals surface area contributed by atoms with Gasteiger partial charge in [-0.3, -0.25) is 4.28 Å². The largest absolute Gasteiger partial charge is 0.358 e. The van der Waals surface area contributed by atoms with Crippen LogP contribution in [-0.2, 0) is 14.4 Å². The maximum atomic E-state index is 12.3. The predicted molar refractivity (Wildman–Crippen MR) is 107 cm³/mol. The van der Waals surface area contributed by atoms with E-state index >= 15 is 0 Å². The Morgan fingerprint density at radius 3 is 2.48 bits per heavy atom. The van der Waals surface area contributed by atoms with E-state index in [2.05, 4.69) is 11.2 Å². The summed E-state index contributed by atoms with van der Waals surface area (Å²) < 4.78 is 29.5. The number of oxime groups is 1. The molecule has 1 aliphatic heterocycles.